The normalized spacial score (nSPS) is 11.5. The third-order valence-corrected chi connectivity index (χ3v) is 5.98. The lowest BCUT2D eigenvalue weighted by Crippen LogP contribution is -2.21. The van der Waals surface area contributed by atoms with Crippen LogP contribution in [0.5, 0.6) is 0 Å². The van der Waals surface area contributed by atoms with Gasteiger partial charge in [0.1, 0.15) is 16.7 Å². The summed E-state index contributed by atoms with van der Waals surface area (Å²) < 4.78 is 5.41. The Hall–Kier alpha value is -3.69. The maximum atomic E-state index is 12.4. The Bertz CT molecular complexity index is 1340. The number of para-hydroxylation sites is 1. The Kier molecular flexibility index (Phi) is 5.96. The summed E-state index contributed by atoms with van der Waals surface area (Å²) in [6.45, 7) is 6.14. The third-order valence-electron chi connectivity index (χ3n) is 5.11. The Morgan fingerprint density at radius 3 is 2.61 bits per heavy atom. The fourth-order valence-electron chi connectivity index (χ4n) is 3.44. The van der Waals surface area contributed by atoms with Gasteiger partial charge in [-0.05, 0) is 49.8 Å². The average Bonchev–Trinajstić information content (AvgIpc) is 3.28. The molecule has 2 aromatic carbocycles. The maximum Gasteiger partial charge on any atom is 0.345 e. The molecule has 5 nitrogen and oxygen atoms in total. The number of benzene rings is 2. The Morgan fingerprint density at radius 1 is 1.16 bits per heavy atom. The molecule has 0 saturated carbocycles. The average molecular weight is 428 g/mol. The highest BCUT2D eigenvalue weighted by atomic mass is 32.1. The number of hydrogen-bond acceptors (Lipinski definition) is 6. The van der Waals surface area contributed by atoms with Gasteiger partial charge in [-0.25, -0.2) is 9.78 Å². The number of allylic oxidation sites excluding steroid dienone is 1. The smallest absolute Gasteiger partial charge is 0.345 e. The molecule has 0 amide bonds. The second-order valence-corrected chi connectivity index (χ2v) is 7.81. The fourth-order valence-corrected chi connectivity index (χ4v) is 4.23. The van der Waals surface area contributed by atoms with Gasteiger partial charge in [0.05, 0.1) is 16.8 Å². The van der Waals surface area contributed by atoms with E-state index in [-0.39, 0.29) is 0 Å². The van der Waals surface area contributed by atoms with E-state index in [1.54, 1.807) is 17.5 Å². The first-order chi connectivity index (χ1) is 15.1. The van der Waals surface area contributed by atoms with Crippen LogP contribution in [0.25, 0.3) is 33.9 Å². The molecule has 0 bridgehead atoms. The second kappa shape index (κ2) is 8.99. The van der Waals surface area contributed by atoms with E-state index < -0.39 is 5.63 Å². The number of nitriles is 1. The highest BCUT2D eigenvalue weighted by Gasteiger charge is 2.14. The van der Waals surface area contributed by atoms with Gasteiger partial charge in [-0.2, -0.15) is 5.26 Å². The third kappa shape index (κ3) is 4.27. The zero-order chi connectivity index (χ0) is 21.8. The van der Waals surface area contributed by atoms with Crippen molar-refractivity contribution in [1.82, 2.24) is 4.98 Å². The van der Waals surface area contributed by atoms with E-state index in [9.17, 15) is 10.1 Å². The van der Waals surface area contributed by atoms with Crippen molar-refractivity contribution >= 4 is 39.6 Å². The SMILES string of the molecule is CCN(CC)c1ccc(/C=C(\C#N)c2nc(-c3cc4ccccc4oc3=O)cs2)cc1. The van der Waals surface area contributed by atoms with Crippen LogP contribution in [0.2, 0.25) is 0 Å². The summed E-state index contributed by atoms with van der Waals surface area (Å²) >= 11 is 1.34. The lowest BCUT2D eigenvalue weighted by Gasteiger charge is -2.20. The van der Waals surface area contributed by atoms with Gasteiger partial charge in [0.2, 0.25) is 0 Å². The topological polar surface area (TPSA) is 70.1 Å². The Labute approximate surface area is 184 Å². The molecular weight excluding hydrogens is 406 g/mol. The number of rotatable bonds is 6. The molecule has 2 heterocycles. The number of thiazole rings is 1. The van der Waals surface area contributed by atoms with Crippen molar-refractivity contribution in [3.8, 4) is 17.3 Å². The van der Waals surface area contributed by atoms with Crippen LogP contribution in [0.3, 0.4) is 0 Å². The first-order valence-electron chi connectivity index (χ1n) is 10.1. The maximum absolute atomic E-state index is 12.4. The van der Waals surface area contributed by atoms with Gasteiger partial charge >= 0.3 is 5.63 Å². The monoisotopic (exact) mass is 427 g/mol. The van der Waals surface area contributed by atoms with Crippen molar-refractivity contribution in [2.75, 3.05) is 18.0 Å². The molecular formula is C25H21N3O2S. The molecule has 0 spiro atoms. The number of fused-ring (bicyclic) bond motifs is 1. The first kappa shape index (κ1) is 20.6. The van der Waals surface area contributed by atoms with Gasteiger partial charge in [-0.3, -0.25) is 0 Å². The van der Waals surface area contributed by atoms with Crippen LogP contribution < -0.4 is 10.5 Å². The summed E-state index contributed by atoms with van der Waals surface area (Å²) in [7, 11) is 0. The zero-order valence-electron chi connectivity index (χ0n) is 17.3. The summed E-state index contributed by atoms with van der Waals surface area (Å²) in [5.41, 5.74) is 3.54. The fraction of sp³-hybridized carbons (Fsp3) is 0.160. The van der Waals surface area contributed by atoms with E-state index in [0.29, 0.717) is 27.4 Å². The lowest BCUT2D eigenvalue weighted by molar-refractivity contribution is 0.563. The van der Waals surface area contributed by atoms with Crippen molar-refractivity contribution in [1.29, 1.82) is 5.26 Å². The molecule has 0 unspecified atom stereocenters. The van der Waals surface area contributed by atoms with Gasteiger partial charge < -0.3 is 9.32 Å². The molecule has 0 atom stereocenters. The van der Waals surface area contributed by atoms with E-state index >= 15 is 0 Å². The number of nitrogens with zero attached hydrogens (tertiary/aromatic N) is 3. The molecule has 154 valence electrons. The predicted octanol–water partition coefficient (Wildman–Crippen LogP) is 5.83. The van der Waals surface area contributed by atoms with Crippen molar-refractivity contribution < 1.29 is 4.42 Å². The molecule has 0 aliphatic carbocycles. The van der Waals surface area contributed by atoms with Crippen LogP contribution >= 0.6 is 11.3 Å². The van der Waals surface area contributed by atoms with Gasteiger partial charge in [0, 0.05) is 29.5 Å². The standard InChI is InChI=1S/C25H21N3O2S/c1-3-28(4-2)20-11-9-17(10-12-20)13-19(15-26)24-27-22(16-31-24)21-14-18-7-5-6-8-23(18)30-25(21)29/h5-14,16H,3-4H2,1-2H3/b19-13+. The molecule has 0 aliphatic heterocycles. The van der Waals surface area contributed by atoms with E-state index in [1.165, 1.54) is 11.3 Å². The minimum atomic E-state index is -0.440. The van der Waals surface area contributed by atoms with Crippen molar-refractivity contribution in [2.24, 2.45) is 0 Å². The van der Waals surface area contributed by atoms with Crippen molar-refractivity contribution in [2.45, 2.75) is 13.8 Å². The van der Waals surface area contributed by atoms with E-state index in [4.69, 9.17) is 4.42 Å². The van der Waals surface area contributed by atoms with Gasteiger partial charge in [0.25, 0.3) is 0 Å². The summed E-state index contributed by atoms with van der Waals surface area (Å²) in [5, 5.41) is 12.9. The predicted molar refractivity (Wildman–Crippen MR) is 127 cm³/mol. The minimum absolute atomic E-state index is 0.391. The summed E-state index contributed by atoms with van der Waals surface area (Å²) in [6.07, 6.45) is 1.82. The van der Waals surface area contributed by atoms with Crippen LogP contribution in [0.4, 0.5) is 5.69 Å². The highest BCUT2D eigenvalue weighted by molar-refractivity contribution is 7.11. The van der Waals surface area contributed by atoms with Crippen LogP contribution in [-0.4, -0.2) is 18.1 Å². The van der Waals surface area contributed by atoms with Crippen molar-refractivity contribution in [3.05, 3.63) is 81.0 Å². The molecule has 31 heavy (non-hydrogen) atoms. The number of hydrogen-bond donors (Lipinski definition) is 0. The molecule has 0 radical (unpaired) electrons. The molecule has 6 heteroatoms. The van der Waals surface area contributed by atoms with E-state index in [2.05, 4.69) is 41.9 Å². The number of aromatic nitrogens is 1. The number of anilines is 1. The summed E-state index contributed by atoms with van der Waals surface area (Å²) in [4.78, 5) is 19.2. The highest BCUT2D eigenvalue weighted by Crippen LogP contribution is 2.28. The van der Waals surface area contributed by atoms with Crippen LogP contribution in [0.15, 0.2) is 69.2 Å². The molecule has 4 rings (SSSR count). The second-order valence-electron chi connectivity index (χ2n) is 6.96. The van der Waals surface area contributed by atoms with Gasteiger partial charge in [-0.15, -0.1) is 11.3 Å². The lowest BCUT2D eigenvalue weighted by atomic mass is 10.1. The minimum Gasteiger partial charge on any atom is -0.422 e. The van der Waals surface area contributed by atoms with Crippen LogP contribution in [0.1, 0.15) is 24.4 Å². The largest absolute Gasteiger partial charge is 0.422 e. The van der Waals surface area contributed by atoms with Crippen LogP contribution in [0, 0.1) is 11.3 Å². The molecule has 0 fully saturated rings. The molecule has 0 N–H and O–H groups in total. The van der Waals surface area contributed by atoms with Gasteiger partial charge in [-0.1, -0.05) is 30.3 Å². The zero-order valence-corrected chi connectivity index (χ0v) is 18.1. The van der Waals surface area contributed by atoms with E-state index in [0.717, 1.165) is 29.7 Å². The summed E-state index contributed by atoms with van der Waals surface area (Å²) in [6, 6.07) is 19.5. The first-order valence-corrected chi connectivity index (χ1v) is 11.0. The Balaban J connectivity index is 1.65. The molecule has 0 saturated heterocycles. The molecule has 2 aromatic heterocycles. The molecule has 0 aliphatic rings. The molecule has 4 aromatic rings. The van der Waals surface area contributed by atoms with E-state index in [1.807, 2.05) is 36.4 Å². The van der Waals surface area contributed by atoms with Crippen LogP contribution in [-0.2, 0) is 0 Å². The van der Waals surface area contributed by atoms with Gasteiger partial charge in [0.15, 0.2) is 0 Å². The quantitative estimate of drug-likeness (QED) is 0.286. The van der Waals surface area contributed by atoms with Crippen molar-refractivity contribution in [3.63, 3.8) is 0 Å². The summed E-state index contributed by atoms with van der Waals surface area (Å²) in [5.74, 6) is 0. The Morgan fingerprint density at radius 2 is 1.90 bits per heavy atom.